The molecule has 0 spiro atoms. The van der Waals surface area contributed by atoms with E-state index >= 15 is 0 Å². The predicted octanol–water partition coefficient (Wildman–Crippen LogP) is 3.53. The van der Waals surface area contributed by atoms with Crippen LogP contribution in [0.25, 0.3) is 22.1 Å². The van der Waals surface area contributed by atoms with Gasteiger partial charge < -0.3 is 20.9 Å². The molecule has 1 atom stereocenters. The van der Waals surface area contributed by atoms with Gasteiger partial charge in [0.05, 0.1) is 45.2 Å². The number of carbonyl (C=O) groups is 1. The van der Waals surface area contributed by atoms with E-state index in [9.17, 15) is 14.9 Å². The van der Waals surface area contributed by atoms with E-state index in [0.29, 0.717) is 27.6 Å². The standard InChI is InChI=1S/C24H19N5O5/c1-2-33-24(30)20-18(12-7-3-6-10-17(12)29(31)32)19-21-16(11-13(25)22(19)34-23(20)26)27-14-8-4-5-9-15(14)28-21/h3-11,18H,2,25-26H2,1H3. The molecule has 0 aliphatic carbocycles. The molecule has 10 heteroatoms. The zero-order valence-electron chi connectivity index (χ0n) is 18.0. The molecule has 0 saturated carbocycles. The highest BCUT2D eigenvalue weighted by atomic mass is 16.6. The van der Waals surface area contributed by atoms with Gasteiger partial charge in [0.15, 0.2) is 5.75 Å². The van der Waals surface area contributed by atoms with Gasteiger partial charge in [-0.3, -0.25) is 10.1 Å². The number of ether oxygens (including phenoxy) is 2. The Morgan fingerprint density at radius 1 is 1.09 bits per heavy atom. The number of fused-ring (bicyclic) bond motifs is 4. The number of esters is 1. The van der Waals surface area contributed by atoms with Crippen LogP contribution in [0.5, 0.6) is 5.75 Å². The van der Waals surface area contributed by atoms with Crippen LogP contribution in [-0.2, 0) is 9.53 Å². The van der Waals surface area contributed by atoms with E-state index in [4.69, 9.17) is 25.9 Å². The van der Waals surface area contributed by atoms with Crippen molar-refractivity contribution >= 4 is 39.4 Å². The fourth-order valence-electron chi connectivity index (χ4n) is 4.26. The van der Waals surface area contributed by atoms with E-state index in [2.05, 4.69) is 4.98 Å². The third-order valence-electron chi connectivity index (χ3n) is 5.65. The fourth-order valence-corrected chi connectivity index (χ4v) is 4.26. The number of hydrogen-bond donors (Lipinski definition) is 2. The number of carbonyl (C=O) groups excluding carboxylic acids is 1. The molecule has 0 bridgehead atoms. The summed E-state index contributed by atoms with van der Waals surface area (Å²) in [6, 6.07) is 15.0. The van der Waals surface area contributed by atoms with Crippen molar-refractivity contribution in [2.24, 2.45) is 5.73 Å². The highest BCUT2D eigenvalue weighted by molar-refractivity contribution is 5.99. The average molecular weight is 457 g/mol. The minimum absolute atomic E-state index is 0.0643. The largest absolute Gasteiger partial charge is 0.462 e. The molecule has 0 fully saturated rings. The number of aromatic nitrogens is 2. The van der Waals surface area contributed by atoms with E-state index in [1.165, 1.54) is 6.07 Å². The Kier molecular flexibility index (Phi) is 4.97. The van der Waals surface area contributed by atoms with Gasteiger partial charge in [-0.1, -0.05) is 30.3 Å². The topological polar surface area (TPSA) is 156 Å². The summed E-state index contributed by atoms with van der Waals surface area (Å²) in [5, 5.41) is 11.9. The lowest BCUT2D eigenvalue weighted by molar-refractivity contribution is -0.385. The maximum Gasteiger partial charge on any atom is 0.340 e. The highest BCUT2D eigenvalue weighted by Gasteiger charge is 2.41. The van der Waals surface area contributed by atoms with Gasteiger partial charge in [0.2, 0.25) is 5.88 Å². The summed E-state index contributed by atoms with van der Waals surface area (Å²) < 4.78 is 11.0. The molecule has 170 valence electrons. The van der Waals surface area contributed by atoms with Gasteiger partial charge in [-0.05, 0) is 25.1 Å². The average Bonchev–Trinajstić information content (AvgIpc) is 2.82. The van der Waals surface area contributed by atoms with Gasteiger partial charge in [0.25, 0.3) is 5.69 Å². The minimum atomic E-state index is -1.02. The van der Waals surface area contributed by atoms with Crippen LogP contribution in [0, 0.1) is 10.1 Å². The van der Waals surface area contributed by atoms with Gasteiger partial charge >= 0.3 is 5.97 Å². The minimum Gasteiger partial charge on any atom is -0.462 e. The number of nitro benzene ring substituents is 1. The first-order valence-corrected chi connectivity index (χ1v) is 10.5. The molecule has 5 rings (SSSR count). The zero-order valence-corrected chi connectivity index (χ0v) is 18.0. The summed E-state index contributed by atoms with van der Waals surface area (Å²) in [4.78, 5) is 33.9. The molecular formula is C24H19N5O5. The van der Waals surface area contributed by atoms with Crippen LogP contribution in [0.15, 0.2) is 66.1 Å². The van der Waals surface area contributed by atoms with E-state index in [-0.39, 0.29) is 40.8 Å². The molecule has 4 N–H and O–H groups in total. The van der Waals surface area contributed by atoms with Crippen molar-refractivity contribution in [3.63, 3.8) is 0 Å². The smallest absolute Gasteiger partial charge is 0.340 e. The molecule has 2 heterocycles. The second-order valence-electron chi connectivity index (χ2n) is 7.64. The van der Waals surface area contributed by atoms with Crippen LogP contribution in [-0.4, -0.2) is 27.5 Å². The van der Waals surface area contributed by atoms with Crippen molar-refractivity contribution in [3.05, 3.63) is 87.3 Å². The molecule has 1 aliphatic rings. The first-order chi connectivity index (χ1) is 16.4. The number of nitro groups is 1. The van der Waals surface area contributed by atoms with Crippen molar-refractivity contribution in [1.82, 2.24) is 9.97 Å². The second kappa shape index (κ2) is 8.00. The van der Waals surface area contributed by atoms with Crippen LogP contribution in [0.3, 0.4) is 0 Å². The quantitative estimate of drug-likeness (QED) is 0.154. The Labute approximate surface area is 193 Å². The molecule has 0 saturated heterocycles. The molecule has 1 aliphatic heterocycles. The third kappa shape index (κ3) is 3.24. The molecular weight excluding hydrogens is 438 g/mol. The Balaban J connectivity index is 1.91. The number of nitrogen functional groups attached to an aromatic ring is 1. The first-order valence-electron chi connectivity index (χ1n) is 10.5. The number of benzene rings is 3. The molecule has 1 aromatic heterocycles. The molecule has 4 aromatic rings. The number of anilines is 1. The SMILES string of the molecule is CCOC(=O)C1=C(N)Oc2c(N)cc3nc4ccccc4nc3c2C1c1ccccc1[N+](=O)[O-]. The lowest BCUT2D eigenvalue weighted by atomic mass is 9.81. The van der Waals surface area contributed by atoms with Crippen LogP contribution in [0.2, 0.25) is 0 Å². The molecule has 0 amide bonds. The number of rotatable bonds is 4. The van der Waals surface area contributed by atoms with Gasteiger partial charge in [-0.2, -0.15) is 0 Å². The summed E-state index contributed by atoms with van der Waals surface area (Å²) in [7, 11) is 0. The number of nitrogens with zero attached hydrogens (tertiary/aromatic N) is 3. The predicted molar refractivity (Wildman–Crippen MR) is 125 cm³/mol. The van der Waals surface area contributed by atoms with Crippen LogP contribution < -0.4 is 16.2 Å². The van der Waals surface area contributed by atoms with E-state index in [1.807, 2.05) is 18.2 Å². The Morgan fingerprint density at radius 3 is 2.47 bits per heavy atom. The van der Waals surface area contributed by atoms with Crippen molar-refractivity contribution in [3.8, 4) is 5.75 Å². The van der Waals surface area contributed by atoms with E-state index in [0.717, 1.165) is 0 Å². The van der Waals surface area contributed by atoms with Crippen LogP contribution >= 0.6 is 0 Å². The Hall–Kier alpha value is -4.73. The summed E-state index contributed by atoms with van der Waals surface area (Å²) in [6.07, 6.45) is 0. The molecule has 34 heavy (non-hydrogen) atoms. The molecule has 3 aromatic carbocycles. The summed E-state index contributed by atoms with van der Waals surface area (Å²) >= 11 is 0. The monoisotopic (exact) mass is 457 g/mol. The van der Waals surface area contributed by atoms with Gasteiger partial charge in [-0.25, -0.2) is 14.8 Å². The first kappa shape index (κ1) is 21.1. The Morgan fingerprint density at radius 2 is 1.76 bits per heavy atom. The fraction of sp³-hybridized carbons (Fsp3) is 0.125. The summed E-state index contributed by atoms with van der Waals surface area (Å²) in [5.41, 5.74) is 15.1. The van der Waals surface area contributed by atoms with Crippen LogP contribution in [0.4, 0.5) is 11.4 Å². The van der Waals surface area contributed by atoms with E-state index < -0.39 is 16.8 Å². The Bertz CT molecular complexity index is 1530. The molecule has 0 radical (unpaired) electrons. The number of para-hydroxylation sites is 3. The van der Waals surface area contributed by atoms with Crippen molar-refractivity contribution < 1.29 is 19.2 Å². The van der Waals surface area contributed by atoms with Crippen molar-refractivity contribution in [1.29, 1.82) is 0 Å². The normalized spacial score (nSPS) is 15.1. The summed E-state index contributed by atoms with van der Waals surface area (Å²) in [5.74, 6) is -1.84. The van der Waals surface area contributed by atoms with Crippen LogP contribution in [0.1, 0.15) is 24.0 Å². The number of hydrogen-bond acceptors (Lipinski definition) is 9. The maximum atomic E-state index is 13.0. The van der Waals surface area contributed by atoms with Gasteiger partial charge in [0.1, 0.15) is 5.57 Å². The lowest BCUT2D eigenvalue weighted by Crippen LogP contribution is -2.28. The second-order valence-corrected chi connectivity index (χ2v) is 7.64. The third-order valence-corrected chi connectivity index (χ3v) is 5.65. The zero-order chi connectivity index (χ0) is 24.0. The maximum absolute atomic E-state index is 13.0. The van der Waals surface area contributed by atoms with Crippen molar-refractivity contribution in [2.45, 2.75) is 12.8 Å². The van der Waals surface area contributed by atoms with Gasteiger partial charge in [-0.15, -0.1) is 0 Å². The van der Waals surface area contributed by atoms with Crippen molar-refractivity contribution in [2.75, 3.05) is 12.3 Å². The van der Waals surface area contributed by atoms with E-state index in [1.54, 1.807) is 37.3 Å². The summed E-state index contributed by atoms with van der Waals surface area (Å²) in [6.45, 7) is 1.73. The highest BCUT2D eigenvalue weighted by Crippen LogP contribution is 2.50. The van der Waals surface area contributed by atoms with Gasteiger partial charge in [0, 0.05) is 17.2 Å². The molecule has 10 nitrogen and oxygen atoms in total. The number of nitrogens with two attached hydrogens (primary N) is 2. The molecule has 1 unspecified atom stereocenters. The lowest BCUT2D eigenvalue weighted by Gasteiger charge is -2.29.